The van der Waals surface area contributed by atoms with Crippen molar-refractivity contribution < 1.29 is 18.0 Å². The van der Waals surface area contributed by atoms with Crippen LogP contribution in [0.15, 0.2) is 12.3 Å². The molecule has 0 spiro atoms. The number of carbonyl (C=O) groups is 1. The Morgan fingerprint density at radius 2 is 2.24 bits per heavy atom. The minimum atomic E-state index is -4.47. The second-order valence-electron chi connectivity index (χ2n) is 3.77. The molecule has 1 amide bonds. The second-order valence-corrected chi connectivity index (χ2v) is 3.77. The Morgan fingerprint density at radius 1 is 1.59 bits per heavy atom. The van der Waals surface area contributed by atoms with Gasteiger partial charge in [-0.2, -0.15) is 18.3 Å². The van der Waals surface area contributed by atoms with Crippen molar-refractivity contribution in [1.82, 2.24) is 15.1 Å². The molecule has 1 atom stereocenters. The van der Waals surface area contributed by atoms with E-state index in [1.807, 2.05) is 13.8 Å². The molecule has 7 heteroatoms. The van der Waals surface area contributed by atoms with Crippen molar-refractivity contribution in [2.24, 2.45) is 0 Å². The second kappa shape index (κ2) is 5.20. The molecule has 0 aromatic carbocycles. The van der Waals surface area contributed by atoms with Gasteiger partial charge >= 0.3 is 6.18 Å². The van der Waals surface area contributed by atoms with Gasteiger partial charge < -0.3 is 5.32 Å². The average molecular weight is 249 g/mol. The zero-order valence-corrected chi connectivity index (χ0v) is 9.58. The van der Waals surface area contributed by atoms with Crippen molar-refractivity contribution in [2.75, 3.05) is 0 Å². The summed E-state index contributed by atoms with van der Waals surface area (Å²) in [4.78, 5) is 11.4. The number of halogens is 3. The van der Waals surface area contributed by atoms with Crippen LogP contribution in [0.1, 0.15) is 26.0 Å². The van der Waals surface area contributed by atoms with Crippen LogP contribution in [-0.4, -0.2) is 21.7 Å². The first-order valence-corrected chi connectivity index (χ1v) is 5.23. The fourth-order valence-corrected chi connectivity index (χ4v) is 1.17. The third-order valence-electron chi connectivity index (χ3n) is 2.26. The lowest BCUT2D eigenvalue weighted by Crippen LogP contribution is -2.34. The van der Waals surface area contributed by atoms with E-state index in [9.17, 15) is 18.0 Å². The van der Waals surface area contributed by atoms with Crippen LogP contribution in [0.3, 0.4) is 0 Å². The van der Waals surface area contributed by atoms with E-state index in [0.717, 1.165) is 23.4 Å². The standard InChI is InChI=1S/C10H14F3N3O/c1-3-7(2)14-9(17)6-16-5-4-8(15-16)10(11,12)13/h4-5,7H,3,6H2,1-2H3,(H,14,17)/t7-/m1/s1. The average Bonchev–Trinajstić information content (AvgIpc) is 2.65. The summed E-state index contributed by atoms with van der Waals surface area (Å²) in [5.41, 5.74) is -0.992. The molecule has 1 heterocycles. The normalized spacial score (nSPS) is 13.5. The van der Waals surface area contributed by atoms with Crippen LogP contribution in [0.4, 0.5) is 13.2 Å². The minimum absolute atomic E-state index is 0.000138. The van der Waals surface area contributed by atoms with Crippen molar-refractivity contribution in [3.05, 3.63) is 18.0 Å². The lowest BCUT2D eigenvalue weighted by molar-refractivity contribution is -0.141. The fourth-order valence-electron chi connectivity index (χ4n) is 1.17. The first kappa shape index (κ1) is 13.5. The molecule has 0 saturated carbocycles. The Labute approximate surface area is 96.8 Å². The number of amides is 1. The molecule has 1 aromatic rings. The molecule has 0 aliphatic heterocycles. The van der Waals surface area contributed by atoms with Crippen LogP contribution in [0, 0.1) is 0 Å². The van der Waals surface area contributed by atoms with E-state index in [-0.39, 0.29) is 18.5 Å². The summed E-state index contributed by atoms with van der Waals surface area (Å²) in [6.07, 6.45) is -2.57. The molecular weight excluding hydrogens is 235 g/mol. The molecule has 0 radical (unpaired) electrons. The Bertz CT molecular complexity index is 386. The molecule has 0 fully saturated rings. The molecule has 4 nitrogen and oxygen atoms in total. The van der Waals surface area contributed by atoms with Gasteiger partial charge in [-0.1, -0.05) is 6.92 Å². The van der Waals surface area contributed by atoms with Crippen LogP contribution in [-0.2, 0) is 17.5 Å². The quantitative estimate of drug-likeness (QED) is 0.884. The Kier molecular flexibility index (Phi) is 4.14. The monoisotopic (exact) mass is 249 g/mol. The zero-order chi connectivity index (χ0) is 13.1. The zero-order valence-electron chi connectivity index (χ0n) is 9.58. The summed E-state index contributed by atoms with van der Waals surface area (Å²) >= 11 is 0. The number of nitrogens with zero attached hydrogens (tertiary/aromatic N) is 2. The number of nitrogens with one attached hydrogen (secondary N) is 1. The number of hydrogen-bond acceptors (Lipinski definition) is 2. The van der Waals surface area contributed by atoms with Crippen molar-refractivity contribution in [3.63, 3.8) is 0 Å². The summed E-state index contributed by atoms with van der Waals surface area (Å²) in [6, 6.07) is 0.844. The first-order valence-electron chi connectivity index (χ1n) is 5.23. The van der Waals surface area contributed by atoms with E-state index in [1.165, 1.54) is 0 Å². The molecule has 0 bridgehead atoms. The summed E-state index contributed by atoms with van der Waals surface area (Å²) in [5.74, 6) is -0.351. The van der Waals surface area contributed by atoms with Crippen molar-refractivity contribution in [3.8, 4) is 0 Å². The largest absolute Gasteiger partial charge is 0.435 e. The first-order chi connectivity index (χ1) is 7.82. The summed E-state index contributed by atoms with van der Waals surface area (Å²) < 4.78 is 37.7. The minimum Gasteiger partial charge on any atom is -0.352 e. The van der Waals surface area contributed by atoms with E-state index < -0.39 is 11.9 Å². The van der Waals surface area contributed by atoms with E-state index >= 15 is 0 Å². The van der Waals surface area contributed by atoms with Gasteiger partial charge in [-0.15, -0.1) is 0 Å². The fraction of sp³-hybridized carbons (Fsp3) is 0.600. The van der Waals surface area contributed by atoms with E-state index in [0.29, 0.717) is 0 Å². The maximum Gasteiger partial charge on any atom is 0.435 e. The van der Waals surface area contributed by atoms with Gasteiger partial charge in [0, 0.05) is 12.2 Å². The van der Waals surface area contributed by atoms with Gasteiger partial charge in [0.2, 0.25) is 5.91 Å². The molecule has 96 valence electrons. The van der Waals surface area contributed by atoms with Gasteiger partial charge in [-0.25, -0.2) is 0 Å². The van der Waals surface area contributed by atoms with E-state index in [1.54, 1.807) is 0 Å². The van der Waals surface area contributed by atoms with Crippen LogP contribution in [0.2, 0.25) is 0 Å². The number of rotatable bonds is 4. The molecule has 1 aromatic heterocycles. The van der Waals surface area contributed by atoms with Crippen molar-refractivity contribution >= 4 is 5.91 Å². The Morgan fingerprint density at radius 3 is 2.71 bits per heavy atom. The molecule has 1 N–H and O–H groups in total. The van der Waals surface area contributed by atoms with Crippen LogP contribution < -0.4 is 5.32 Å². The van der Waals surface area contributed by atoms with E-state index in [2.05, 4.69) is 10.4 Å². The SMILES string of the molecule is CC[C@@H](C)NC(=O)Cn1ccc(C(F)(F)F)n1. The molecule has 0 unspecified atom stereocenters. The highest BCUT2D eigenvalue weighted by Gasteiger charge is 2.33. The maximum atomic E-state index is 12.2. The Hall–Kier alpha value is -1.53. The lowest BCUT2D eigenvalue weighted by atomic mass is 10.2. The van der Waals surface area contributed by atoms with Gasteiger partial charge in [0.25, 0.3) is 0 Å². The predicted octanol–water partition coefficient (Wildman–Crippen LogP) is 1.82. The summed E-state index contributed by atoms with van der Waals surface area (Å²) in [5, 5.41) is 5.93. The topological polar surface area (TPSA) is 46.9 Å². The molecule has 0 aliphatic carbocycles. The van der Waals surface area contributed by atoms with Crippen molar-refractivity contribution in [1.29, 1.82) is 0 Å². The van der Waals surface area contributed by atoms with Gasteiger partial charge in [0.1, 0.15) is 6.54 Å². The van der Waals surface area contributed by atoms with Crippen LogP contribution >= 0.6 is 0 Å². The highest BCUT2D eigenvalue weighted by atomic mass is 19.4. The third-order valence-corrected chi connectivity index (χ3v) is 2.26. The lowest BCUT2D eigenvalue weighted by Gasteiger charge is -2.11. The third kappa shape index (κ3) is 4.08. The highest BCUT2D eigenvalue weighted by molar-refractivity contribution is 5.75. The van der Waals surface area contributed by atoms with Gasteiger partial charge in [0.05, 0.1) is 0 Å². The number of hydrogen-bond donors (Lipinski definition) is 1. The van der Waals surface area contributed by atoms with Crippen molar-refractivity contribution in [2.45, 2.75) is 39.0 Å². The van der Waals surface area contributed by atoms with Crippen LogP contribution in [0.5, 0.6) is 0 Å². The number of carbonyl (C=O) groups excluding carboxylic acids is 1. The summed E-state index contributed by atoms with van der Waals surface area (Å²) in [6.45, 7) is 3.52. The number of aromatic nitrogens is 2. The maximum absolute atomic E-state index is 12.2. The smallest absolute Gasteiger partial charge is 0.352 e. The highest BCUT2D eigenvalue weighted by Crippen LogP contribution is 2.27. The van der Waals surface area contributed by atoms with Gasteiger partial charge in [0.15, 0.2) is 5.69 Å². The molecule has 17 heavy (non-hydrogen) atoms. The predicted molar refractivity (Wildman–Crippen MR) is 55.1 cm³/mol. The molecular formula is C10H14F3N3O. The Balaban J connectivity index is 2.58. The molecule has 1 rings (SSSR count). The molecule has 0 saturated heterocycles. The van der Waals surface area contributed by atoms with E-state index in [4.69, 9.17) is 0 Å². The van der Waals surface area contributed by atoms with Gasteiger partial charge in [-0.05, 0) is 19.4 Å². The number of alkyl halides is 3. The summed E-state index contributed by atoms with van der Waals surface area (Å²) in [7, 11) is 0. The van der Waals surface area contributed by atoms with Crippen LogP contribution in [0.25, 0.3) is 0 Å². The molecule has 0 aliphatic rings. The van der Waals surface area contributed by atoms with Gasteiger partial charge in [-0.3, -0.25) is 9.48 Å².